The van der Waals surface area contributed by atoms with Crippen LogP contribution < -0.4 is 5.32 Å². The smallest absolute Gasteiger partial charge is 0.272 e. The lowest BCUT2D eigenvalue weighted by Gasteiger charge is -2.15. The van der Waals surface area contributed by atoms with E-state index in [2.05, 4.69) is 30.1 Å². The number of benzene rings is 2. The molecule has 164 valence electrons. The van der Waals surface area contributed by atoms with Gasteiger partial charge in [0.2, 0.25) is 0 Å². The summed E-state index contributed by atoms with van der Waals surface area (Å²) in [5.74, 6) is -0.332. The van der Waals surface area contributed by atoms with Crippen molar-refractivity contribution in [3.05, 3.63) is 68.8 Å². The normalized spacial score (nSPS) is 11.6. The lowest BCUT2D eigenvalue weighted by molar-refractivity contribution is 0.0947. The largest absolute Gasteiger partial charge is 0.392 e. The maximum Gasteiger partial charge on any atom is 0.272 e. The van der Waals surface area contributed by atoms with E-state index >= 15 is 0 Å². The molecule has 31 heavy (non-hydrogen) atoms. The first-order valence-corrected chi connectivity index (χ1v) is 14.7. The van der Waals surface area contributed by atoms with Gasteiger partial charge in [-0.1, -0.05) is 66.6 Å². The number of nitrogens with one attached hydrogen (secondary N) is 1. The number of aliphatic hydroxyl groups excluding tert-OH is 1. The van der Waals surface area contributed by atoms with Crippen LogP contribution in [0, 0.1) is 0 Å². The molecule has 1 heterocycles. The van der Waals surface area contributed by atoms with Gasteiger partial charge in [-0.25, -0.2) is 4.68 Å². The fourth-order valence-electron chi connectivity index (χ4n) is 3.15. The molecule has 3 rings (SSSR count). The average Bonchev–Trinajstić information content (AvgIpc) is 3.07. The van der Waals surface area contributed by atoms with Gasteiger partial charge in [-0.15, -0.1) is 0 Å². The van der Waals surface area contributed by atoms with Crippen molar-refractivity contribution >= 4 is 48.8 Å². The molecule has 0 aliphatic rings. The number of aromatic nitrogens is 2. The minimum atomic E-state index is -1.31. The van der Waals surface area contributed by atoms with Gasteiger partial charge in [-0.2, -0.15) is 5.10 Å². The Morgan fingerprint density at radius 1 is 1.06 bits per heavy atom. The molecule has 1 aromatic heterocycles. The van der Waals surface area contributed by atoms with Crippen LogP contribution in [-0.2, 0) is 6.61 Å². The zero-order valence-electron chi connectivity index (χ0n) is 17.5. The number of halogens is 3. The van der Waals surface area contributed by atoms with Gasteiger partial charge in [0.05, 0.1) is 23.0 Å². The topological polar surface area (TPSA) is 67.2 Å². The van der Waals surface area contributed by atoms with Crippen molar-refractivity contribution in [1.82, 2.24) is 15.1 Å². The summed E-state index contributed by atoms with van der Waals surface area (Å²) >= 11 is 18.6. The van der Waals surface area contributed by atoms with Gasteiger partial charge in [0.15, 0.2) is 5.69 Å². The van der Waals surface area contributed by atoms with E-state index < -0.39 is 8.07 Å². The fourth-order valence-corrected chi connectivity index (χ4v) is 4.64. The number of carbonyl (C=O) groups excluding carboxylic acids is 1. The average molecular weight is 497 g/mol. The Labute approximate surface area is 198 Å². The van der Waals surface area contributed by atoms with Gasteiger partial charge in [-0.05, 0) is 36.4 Å². The third kappa shape index (κ3) is 5.70. The standard InChI is InChI=1S/C22H24Cl3N3O2Si/c1-31(2,3)11-10-26-22(30)20-17(13-29)21(14-4-6-15(23)7-5-14)28(27-20)19-9-8-16(24)12-18(19)25/h4-9,12,29H,10-11,13H2,1-3H3,(H,26,30). The minimum absolute atomic E-state index is 0.161. The molecule has 0 aliphatic heterocycles. The number of hydrogen-bond donors (Lipinski definition) is 2. The Kier molecular flexibility index (Phi) is 7.50. The first-order valence-electron chi connectivity index (χ1n) is 9.83. The van der Waals surface area contributed by atoms with E-state index in [9.17, 15) is 9.90 Å². The lowest BCUT2D eigenvalue weighted by Crippen LogP contribution is -2.31. The number of carbonyl (C=O) groups is 1. The van der Waals surface area contributed by atoms with Crippen molar-refractivity contribution in [1.29, 1.82) is 0 Å². The number of nitrogens with zero attached hydrogens (tertiary/aromatic N) is 2. The second-order valence-corrected chi connectivity index (χ2v) is 15.3. The quantitative estimate of drug-likeness (QED) is 0.391. The maximum absolute atomic E-state index is 13.0. The number of aliphatic hydroxyl groups is 1. The maximum atomic E-state index is 13.0. The number of hydrogen-bond acceptors (Lipinski definition) is 3. The number of amides is 1. The summed E-state index contributed by atoms with van der Waals surface area (Å²) in [6, 6.07) is 13.1. The molecular weight excluding hydrogens is 473 g/mol. The highest BCUT2D eigenvalue weighted by atomic mass is 35.5. The predicted octanol–water partition coefficient (Wildman–Crippen LogP) is 6.06. The monoisotopic (exact) mass is 495 g/mol. The van der Waals surface area contributed by atoms with E-state index in [1.54, 1.807) is 35.0 Å². The van der Waals surface area contributed by atoms with Gasteiger partial charge < -0.3 is 10.4 Å². The molecule has 3 aromatic rings. The second kappa shape index (κ2) is 9.75. The number of rotatable bonds is 7. The molecule has 0 saturated carbocycles. The molecule has 0 saturated heterocycles. The van der Waals surface area contributed by atoms with Crippen LogP contribution in [0.5, 0.6) is 0 Å². The zero-order chi connectivity index (χ0) is 22.8. The Bertz CT molecular complexity index is 1090. The third-order valence-electron chi connectivity index (χ3n) is 4.77. The molecule has 2 N–H and O–H groups in total. The Morgan fingerprint density at radius 3 is 2.29 bits per heavy atom. The van der Waals surface area contributed by atoms with Crippen molar-refractivity contribution in [3.63, 3.8) is 0 Å². The molecule has 1 amide bonds. The Morgan fingerprint density at radius 2 is 1.71 bits per heavy atom. The van der Waals surface area contributed by atoms with Gasteiger partial charge in [0.1, 0.15) is 0 Å². The van der Waals surface area contributed by atoms with Gasteiger partial charge in [0, 0.05) is 35.8 Å². The summed E-state index contributed by atoms with van der Waals surface area (Å²) in [6.45, 7) is 6.93. The second-order valence-electron chi connectivity index (χ2n) is 8.41. The van der Waals surface area contributed by atoms with Crippen LogP contribution in [0.2, 0.25) is 40.8 Å². The van der Waals surface area contributed by atoms with Crippen molar-refractivity contribution in [3.8, 4) is 16.9 Å². The van der Waals surface area contributed by atoms with Crippen molar-refractivity contribution < 1.29 is 9.90 Å². The molecule has 9 heteroatoms. The van der Waals surface area contributed by atoms with E-state index in [-0.39, 0.29) is 18.2 Å². The summed E-state index contributed by atoms with van der Waals surface area (Å²) < 4.78 is 1.57. The van der Waals surface area contributed by atoms with Gasteiger partial charge >= 0.3 is 0 Å². The van der Waals surface area contributed by atoms with Crippen LogP contribution >= 0.6 is 34.8 Å². The summed E-state index contributed by atoms with van der Waals surface area (Å²) in [4.78, 5) is 13.0. The molecule has 0 unspecified atom stereocenters. The molecular formula is C22H24Cl3N3O2Si. The predicted molar refractivity (Wildman–Crippen MR) is 130 cm³/mol. The summed E-state index contributed by atoms with van der Waals surface area (Å²) in [5.41, 5.74) is 2.44. The van der Waals surface area contributed by atoms with E-state index in [0.29, 0.717) is 38.6 Å². The molecule has 0 aliphatic carbocycles. The molecule has 0 atom stereocenters. The van der Waals surface area contributed by atoms with Crippen molar-refractivity contribution in [2.45, 2.75) is 32.3 Å². The summed E-state index contributed by atoms with van der Waals surface area (Å²) in [6.07, 6.45) is 0. The fraction of sp³-hybridized carbons (Fsp3) is 0.273. The minimum Gasteiger partial charge on any atom is -0.392 e. The summed E-state index contributed by atoms with van der Waals surface area (Å²) in [7, 11) is -1.31. The van der Waals surface area contributed by atoms with E-state index in [4.69, 9.17) is 34.8 Å². The Balaban J connectivity index is 2.12. The first kappa shape index (κ1) is 23.8. The van der Waals surface area contributed by atoms with E-state index in [1.807, 2.05) is 12.1 Å². The van der Waals surface area contributed by atoms with Crippen LogP contribution in [0.3, 0.4) is 0 Å². The van der Waals surface area contributed by atoms with Gasteiger partial charge in [-0.3, -0.25) is 4.79 Å². The van der Waals surface area contributed by atoms with Crippen LogP contribution in [0.25, 0.3) is 16.9 Å². The molecule has 2 aromatic carbocycles. The molecule has 5 nitrogen and oxygen atoms in total. The lowest BCUT2D eigenvalue weighted by atomic mass is 10.1. The highest BCUT2D eigenvalue weighted by Crippen LogP contribution is 2.33. The SMILES string of the molecule is C[Si](C)(C)CCNC(=O)c1nn(-c2ccc(Cl)cc2Cl)c(-c2ccc(Cl)cc2)c1CO. The first-order chi connectivity index (χ1) is 14.6. The van der Waals surface area contributed by atoms with Crippen LogP contribution in [-0.4, -0.2) is 35.4 Å². The van der Waals surface area contributed by atoms with Crippen molar-refractivity contribution in [2.24, 2.45) is 0 Å². The van der Waals surface area contributed by atoms with Crippen molar-refractivity contribution in [2.75, 3.05) is 6.54 Å². The van der Waals surface area contributed by atoms with Crippen LogP contribution in [0.15, 0.2) is 42.5 Å². The van der Waals surface area contributed by atoms with E-state index in [0.717, 1.165) is 11.6 Å². The molecule has 0 fully saturated rings. The molecule has 0 radical (unpaired) electrons. The molecule has 0 spiro atoms. The summed E-state index contributed by atoms with van der Waals surface area (Å²) in [5, 5.41) is 19.1. The molecule has 0 bridgehead atoms. The van der Waals surface area contributed by atoms with E-state index in [1.165, 1.54) is 0 Å². The van der Waals surface area contributed by atoms with Gasteiger partial charge in [0.25, 0.3) is 5.91 Å². The Hall–Kier alpha value is -1.83. The highest BCUT2D eigenvalue weighted by Gasteiger charge is 2.25. The van der Waals surface area contributed by atoms with Crippen LogP contribution in [0.4, 0.5) is 0 Å². The zero-order valence-corrected chi connectivity index (χ0v) is 20.8. The van der Waals surface area contributed by atoms with Crippen LogP contribution in [0.1, 0.15) is 16.1 Å². The third-order valence-corrected chi connectivity index (χ3v) is 7.31. The highest BCUT2D eigenvalue weighted by molar-refractivity contribution is 6.76.